The fourth-order valence-electron chi connectivity index (χ4n) is 0.698. The average Bonchev–Trinajstić information content (AvgIpc) is 2.01. The maximum atomic E-state index is 5.87. The quantitative estimate of drug-likeness (QED) is 0.649. The van der Waals surface area contributed by atoms with Gasteiger partial charge in [-0.25, -0.2) is 0 Å². The van der Waals surface area contributed by atoms with E-state index in [-0.39, 0.29) is 0 Å². The first-order chi connectivity index (χ1) is 5.16. The lowest BCUT2D eigenvalue weighted by molar-refractivity contribution is 1.61. The Balaban J connectivity index is 3.36. The first-order valence-corrected chi connectivity index (χ1v) is 4.47. The van der Waals surface area contributed by atoms with Gasteiger partial charge in [-0.1, -0.05) is 41.9 Å². The summed E-state index contributed by atoms with van der Waals surface area (Å²) in [5.41, 5.74) is 0.847. The zero-order valence-electron chi connectivity index (χ0n) is 5.57. The van der Waals surface area contributed by atoms with Gasteiger partial charge in [-0.3, -0.25) is 0 Å². The minimum Gasteiger partial charge on any atom is -0.0984 e. The average molecular weight is 252 g/mol. The van der Waals surface area contributed by atoms with E-state index < -0.39 is 0 Å². The molecule has 0 unspecified atom stereocenters. The van der Waals surface area contributed by atoms with Gasteiger partial charge in [0.1, 0.15) is 0 Å². The van der Waals surface area contributed by atoms with Crippen LogP contribution >= 0.6 is 39.1 Å². The van der Waals surface area contributed by atoms with Crippen LogP contribution < -0.4 is 0 Å². The lowest BCUT2D eigenvalue weighted by atomic mass is 10.2. The number of rotatable bonds is 1. The molecule has 0 saturated heterocycles. The molecule has 0 radical (unpaired) electrons. The molecule has 58 valence electrons. The number of hydrogen-bond acceptors (Lipinski definition) is 0. The van der Waals surface area contributed by atoms with Gasteiger partial charge in [0.2, 0.25) is 0 Å². The largest absolute Gasteiger partial charge is 0.0984 e. The topological polar surface area (TPSA) is 0 Å². The third-order valence-electron chi connectivity index (χ3n) is 1.28. The number of hydrogen-bond donors (Lipinski definition) is 0. The SMILES string of the molecule is C=Cc1ccc(Br)c(Cl)c1Cl. The summed E-state index contributed by atoms with van der Waals surface area (Å²) < 4.78 is 0.801. The van der Waals surface area contributed by atoms with Crippen molar-refractivity contribution in [3.63, 3.8) is 0 Å². The molecule has 0 N–H and O–H groups in total. The van der Waals surface area contributed by atoms with Gasteiger partial charge in [0.05, 0.1) is 10.0 Å². The Hall–Kier alpha value is 0.0200. The molecular weight excluding hydrogens is 247 g/mol. The van der Waals surface area contributed by atoms with Crippen molar-refractivity contribution in [1.29, 1.82) is 0 Å². The molecule has 0 spiro atoms. The number of benzene rings is 1. The first kappa shape index (κ1) is 9.11. The van der Waals surface area contributed by atoms with E-state index in [4.69, 9.17) is 23.2 Å². The minimum absolute atomic E-state index is 0.532. The molecule has 0 aliphatic heterocycles. The summed E-state index contributed by atoms with van der Waals surface area (Å²) in [6.07, 6.45) is 1.67. The lowest BCUT2D eigenvalue weighted by Gasteiger charge is -2.01. The molecule has 0 aliphatic carbocycles. The van der Waals surface area contributed by atoms with Crippen LogP contribution in [0, 0.1) is 0 Å². The highest BCUT2D eigenvalue weighted by Gasteiger charge is 2.04. The molecule has 0 atom stereocenters. The Kier molecular flexibility index (Phi) is 2.99. The van der Waals surface area contributed by atoms with E-state index in [0.717, 1.165) is 10.0 Å². The van der Waals surface area contributed by atoms with Gasteiger partial charge in [-0.2, -0.15) is 0 Å². The molecule has 1 aromatic carbocycles. The molecule has 11 heavy (non-hydrogen) atoms. The van der Waals surface area contributed by atoms with Crippen molar-refractivity contribution in [3.8, 4) is 0 Å². The van der Waals surface area contributed by atoms with Gasteiger partial charge in [0.25, 0.3) is 0 Å². The standard InChI is InChI=1S/C8H5BrCl2/c1-2-5-3-4-6(9)8(11)7(5)10/h2-4H,1H2. The van der Waals surface area contributed by atoms with Crippen LogP contribution in [0.2, 0.25) is 10.0 Å². The van der Waals surface area contributed by atoms with Crippen LogP contribution in [0.3, 0.4) is 0 Å². The lowest BCUT2D eigenvalue weighted by Crippen LogP contribution is -1.77. The molecule has 1 aromatic rings. The number of halogens is 3. The van der Waals surface area contributed by atoms with E-state index in [1.54, 1.807) is 6.08 Å². The molecule has 0 aliphatic rings. The van der Waals surface area contributed by atoms with Crippen molar-refractivity contribution in [2.45, 2.75) is 0 Å². The highest BCUT2D eigenvalue weighted by Crippen LogP contribution is 2.33. The summed E-state index contributed by atoms with van der Waals surface area (Å²) in [4.78, 5) is 0. The predicted octanol–water partition coefficient (Wildman–Crippen LogP) is 4.40. The van der Waals surface area contributed by atoms with Crippen molar-refractivity contribution < 1.29 is 0 Å². The second kappa shape index (κ2) is 3.61. The second-order valence-electron chi connectivity index (χ2n) is 1.97. The molecule has 0 heterocycles. The van der Waals surface area contributed by atoms with Crippen molar-refractivity contribution in [1.82, 2.24) is 0 Å². The van der Waals surface area contributed by atoms with Crippen LogP contribution in [-0.4, -0.2) is 0 Å². The molecule has 0 fully saturated rings. The fourth-order valence-corrected chi connectivity index (χ4v) is 1.56. The van der Waals surface area contributed by atoms with Crippen molar-refractivity contribution in [2.75, 3.05) is 0 Å². The highest BCUT2D eigenvalue weighted by molar-refractivity contribution is 9.10. The highest BCUT2D eigenvalue weighted by atomic mass is 79.9. The predicted molar refractivity (Wildman–Crippen MR) is 54.3 cm³/mol. The second-order valence-corrected chi connectivity index (χ2v) is 3.58. The smallest absolute Gasteiger partial charge is 0.0740 e. The van der Waals surface area contributed by atoms with Gasteiger partial charge < -0.3 is 0 Å². The monoisotopic (exact) mass is 250 g/mol. The summed E-state index contributed by atoms with van der Waals surface area (Å²) in [7, 11) is 0. The van der Waals surface area contributed by atoms with Crippen molar-refractivity contribution in [3.05, 3.63) is 38.8 Å². The Morgan fingerprint density at radius 1 is 1.27 bits per heavy atom. The van der Waals surface area contributed by atoms with Gasteiger partial charge in [-0.15, -0.1) is 0 Å². The summed E-state index contributed by atoms with van der Waals surface area (Å²) in [5.74, 6) is 0. The third kappa shape index (κ3) is 1.78. The van der Waals surface area contributed by atoms with Gasteiger partial charge >= 0.3 is 0 Å². The van der Waals surface area contributed by atoms with Gasteiger partial charge in [0.15, 0.2) is 0 Å². The molecule has 0 bridgehead atoms. The molecule has 0 aromatic heterocycles. The van der Waals surface area contributed by atoms with Crippen molar-refractivity contribution >= 4 is 45.2 Å². The molecule has 0 amide bonds. The first-order valence-electron chi connectivity index (χ1n) is 2.92. The van der Waals surface area contributed by atoms with Crippen LogP contribution in [0.4, 0.5) is 0 Å². The van der Waals surface area contributed by atoms with E-state index in [1.807, 2.05) is 12.1 Å². The van der Waals surface area contributed by atoms with Crippen LogP contribution in [0.5, 0.6) is 0 Å². The maximum Gasteiger partial charge on any atom is 0.0740 e. The molecule has 1 rings (SSSR count). The summed E-state index contributed by atoms with van der Waals surface area (Å²) in [6, 6.07) is 3.69. The van der Waals surface area contributed by atoms with Gasteiger partial charge in [0, 0.05) is 4.47 Å². The zero-order chi connectivity index (χ0) is 8.43. The molecule has 0 saturated carbocycles. The summed E-state index contributed by atoms with van der Waals surface area (Å²) >= 11 is 15.0. The molecule has 3 heteroatoms. The van der Waals surface area contributed by atoms with E-state index in [0.29, 0.717) is 10.0 Å². The molecular formula is C8H5BrCl2. The van der Waals surface area contributed by atoms with Gasteiger partial charge in [-0.05, 0) is 27.6 Å². The van der Waals surface area contributed by atoms with Crippen LogP contribution in [-0.2, 0) is 0 Å². The fraction of sp³-hybridized carbons (Fsp3) is 0. The van der Waals surface area contributed by atoms with Crippen LogP contribution in [0.1, 0.15) is 5.56 Å². The van der Waals surface area contributed by atoms with E-state index in [2.05, 4.69) is 22.5 Å². The Bertz CT molecular complexity index is 294. The summed E-state index contributed by atoms with van der Waals surface area (Å²) in [5, 5.41) is 1.07. The third-order valence-corrected chi connectivity index (χ3v) is 3.07. The normalized spacial score (nSPS) is 9.73. The molecule has 0 nitrogen and oxygen atoms in total. The van der Waals surface area contributed by atoms with E-state index >= 15 is 0 Å². The van der Waals surface area contributed by atoms with E-state index in [9.17, 15) is 0 Å². The Morgan fingerprint density at radius 2 is 1.91 bits per heavy atom. The zero-order valence-corrected chi connectivity index (χ0v) is 8.67. The van der Waals surface area contributed by atoms with Crippen LogP contribution in [0.25, 0.3) is 6.08 Å². The summed E-state index contributed by atoms with van der Waals surface area (Å²) in [6.45, 7) is 3.60. The Morgan fingerprint density at radius 3 is 2.45 bits per heavy atom. The van der Waals surface area contributed by atoms with Crippen molar-refractivity contribution in [2.24, 2.45) is 0 Å². The minimum atomic E-state index is 0.532. The van der Waals surface area contributed by atoms with Crippen LogP contribution in [0.15, 0.2) is 23.2 Å². The maximum absolute atomic E-state index is 5.87. The Labute approximate surface area is 83.9 Å². The van der Waals surface area contributed by atoms with E-state index in [1.165, 1.54) is 0 Å².